The van der Waals surface area contributed by atoms with Gasteiger partial charge in [0.05, 0.1) is 17.7 Å². The van der Waals surface area contributed by atoms with Crippen molar-refractivity contribution >= 4 is 33.9 Å². The highest BCUT2D eigenvalue weighted by molar-refractivity contribution is 9.10. The molecule has 30 heavy (non-hydrogen) atoms. The van der Waals surface area contributed by atoms with E-state index in [9.17, 15) is 9.59 Å². The molecule has 0 radical (unpaired) electrons. The van der Waals surface area contributed by atoms with Crippen LogP contribution in [0.4, 0.5) is 0 Å². The summed E-state index contributed by atoms with van der Waals surface area (Å²) < 4.78 is 21.9. The zero-order valence-electron chi connectivity index (χ0n) is 16.5. The van der Waals surface area contributed by atoms with E-state index >= 15 is 0 Å². The molecule has 0 heterocycles. The molecule has 2 aromatic rings. The first-order valence-corrected chi connectivity index (χ1v) is 9.91. The van der Waals surface area contributed by atoms with Crippen LogP contribution < -0.4 is 14.2 Å². The van der Waals surface area contributed by atoms with Crippen molar-refractivity contribution in [3.05, 3.63) is 58.1 Å². The summed E-state index contributed by atoms with van der Waals surface area (Å²) in [6.45, 7) is 3.64. The van der Waals surface area contributed by atoms with Gasteiger partial charge in [0.15, 0.2) is 18.1 Å². The Morgan fingerprint density at radius 1 is 1.03 bits per heavy atom. The molecule has 0 spiro atoms. The van der Waals surface area contributed by atoms with Crippen LogP contribution in [-0.4, -0.2) is 31.8 Å². The van der Waals surface area contributed by atoms with Crippen LogP contribution in [0.25, 0.3) is 6.08 Å². The number of hydrogen-bond donors (Lipinski definition) is 0. The summed E-state index contributed by atoms with van der Waals surface area (Å²) in [5, 5.41) is 9.17. The first-order chi connectivity index (χ1) is 14.5. The number of carbonyl (C=O) groups excluding carboxylic acids is 2. The van der Waals surface area contributed by atoms with Gasteiger partial charge >= 0.3 is 11.9 Å². The fraction of sp³-hybridized carbons (Fsp3) is 0.227. The molecule has 0 aliphatic rings. The van der Waals surface area contributed by atoms with Gasteiger partial charge in [0.25, 0.3) is 0 Å². The van der Waals surface area contributed by atoms with Crippen molar-refractivity contribution in [2.24, 2.45) is 0 Å². The number of carbonyl (C=O) groups is 2. The second-order valence-electron chi connectivity index (χ2n) is 5.72. The van der Waals surface area contributed by atoms with Crippen molar-refractivity contribution in [2.45, 2.75) is 13.8 Å². The van der Waals surface area contributed by atoms with E-state index in [-0.39, 0.29) is 24.5 Å². The average Bonchev–Trinajstić information content (AvgIpc) is 2.73. The first-order valence-electron chi connectivity index (χ1n) is 9.12. The van der Waals surface area contributed by atoms with Crippen LogP contribution >= 0.6 is 15.9 Å². The molecule has 7 nitrogen and oxygen atoms in total. The van der Waals surface area contributed by atoms with Gasteiger partial charge in [-0.1, -0.05) is 18.2 Å². The molecule has 0 amide bonds. The molecule has 156 valence electrons. The first kappa shape index (κ1) is 23.0. The molecule has 0 aliphatic heterocycles. The Bertz CT molecular complexity index is 980. The number of esters is 2. The minimum atomic E-state index is -0.710. The molecular formula is C22H20BrNO6. The second-order valence-corrected chi connectivity index (χ2v) is 6.58. The quantitative estimate of drug-likeness (QED) is 0.232. The predicted molar refractivity (Wildman–Crippen MR) is 113 cm³/mol. The highest BCUT2D eigenvalue weighted by Gasteiger charge is 2.14. The van der Waals surface area contributed by atoms with Crippen LogP contribution in [0.15, 0.2) is 52.5 Å². The van der Waals surface area contributed by atoms with E-state index in [1.54, 1.807) is 44.2 Å². The van der Waals surface area contributed by atoms with Gasteiger partial charge in [0.2, 0.25) is 0 Å². The minimum Gasteiger partial charge on any atom is -0.490 e. The summed E-state index contributed by atoms with van der Waals surface area (Å²) in [6.07, 6.45) is 1.38. The predicted octanol–water partition coefficient (Wildman–Crippen LogP) is 4.30. The van der Waals surface area contributed by atoms with Gasteiger partial charge in [-0.3, -0.25) is 0 Å². The highest BCUT2D eigenvalue weighted by atomic mass is 79.9. The van der Waals surface area contributed by atoms with Crippen molar-refractivity contribution in [1.29, 1.82) is 5.26 Å². The Morgan fingerprint density at radius 2 is 1.80 bits per heavy atom. The van der Waals surface area contributed by atoms with Gasteiger partial charge in [0, 0.05) is 0 Å². The number of nitriles is 1. The van der Waals surface area contributed by atoms with Gasteiger partial charge in [-0.05, 0) is 65.7 Å². The Morgan fingerprint density at radius 3 is 2.47 bits per heavy atom. The lowest BCUT2D eigenvalue weighted by molar-refractivity contribution is -0.138. The fourth-order valence-corrected chi connectivity index (χ4v) is 2.73. The van der Waals surface area contributed by atoms with Gasteiger partial charge in [0.1, 0.15) is 17.4 Å². The largest absolute Gasteiger partial charge is 0.490 e. The minimum absolute atomic E-state index is 0.147. The lowest BCUT2D eigenvalue weighted by Crippen LogP contribution is -2.18. The van der Waals surface area contributed by atoms with Crippen molar-refractivity contribution in [3.63, 3.8) is 0 Å². The van der Waals surface area contributed by atoms with E-state index in [1.165, 1.54) is 12.1 Å². The zero-order chi connectivity index (χ0) is 21.9. The molecule has 0 aliphatic carbocycles. The van der Waals surface area contributed by atoms with Crippen LogP contribution in [0.5, 0.6) is 17.2 Å². The molecule has 0 aromatic heterocycles. The van der Waals surface area contributed by atoms with Crippen LogP contribution in [0.3, 0.4) is 0 Å². The standard InChI is InChI=1S/C22H20BrNO6/c1-3-27-20-12-15(11-16(13-24)22(26)28-4-2)9-10-19(20)30-21(25)14-29-18-8-6-5-7-17(18)23/h5-12H,3-4,14H2,1-2H3/b16-11+. The Balaban J connectivity index is 2.14. The van der Waals surface area contributed by atoms with E-state index < -0.39 is 11.9 Å². The Labute approximate surface area is 182 Å². The summed E-state index contributed by atoms with van der Waals surface area (Å²) >= 11 is 3.34. The second kappa shape index (κ2) is 11.6. The van der Waals surface area contributed by atoms with Crippen LogP contribution in [0.2, 0.25) is 0 Å². The molecule has 0 unspecified atom stereocenters. The molecule has 0 fully saturated rings. The highest BCUT2D eigenvalue weighted by Crippen LogP contribution is 2.30. The molecular weight excluding hydrogens is 454 g/mol. The fourth-order valence-electron chi connectivity index (χ4n) is 2.33. The van der Waals surface area contributed by atoms with Crippen molar-refractivity contribution < 1.29 is 28.5 Å². The van der Waals surface area contributed by atoms with Gasteiger partial charge in [-0.2, -0.15) is 5.26 Å². The molecule has 0 bridgehead atoms. The van der Waals surface area contributed by atoms with E-state index in [1.807, 2.05) is 12.1 Å². The number of ether oxygens (including phenoxy) is 4. The number of benzene rings is 2. The normalized spacial score (nSPS) is 10.7. The summed E-state index contributed by atoms with van der Waals surface area (Å²) in [7, 11) is 0. The molecule has 0 N–H and O–H groups in total. The summed E-state index contributed by atoms with van der Waals surface area (Å²) in [5.41, 5.74) is 0.373. The maximum absolute atomic E-state index is 12.2. The third kappa shape index (κ3) is 6.64. The smallest absolute Gasteiger partial charge is 0.349 e. The molecule has 8 heteroatoms. The lowest BCUT2D eigenvalue weighted by Gasteiger charge is -2.12. The van der Waals surface area contributed by atoms with Crippen molar-refractivity contribution in [1.82, 2.24) is 0 Å². The number of halogens is 1. The average molecular weight is 474 g/mol. The van der Waals surface area contributed by atoms with Gasteiger partial charge in [-0.25, -0.2) is 9.59 Å². The molecule has 0 saturated carbocycles. The number of hydrogen-bond acceptors (Lipinski definition) is 7. The summed E-state index contributed by atoms with van der Waals surface area (Å²) in [5.74, 6) is -0.314. The molecule has 0 saturated heterocycles. The van der Waals surface area contributed by atoms with Crippen molar-refractivity contribution in [2.75, 3.05) is 19.8 Å². The van der Waals surface area contributed by atoms with Crippen LogP contribution in [0.1, 0.15) is 19.4 Å². The third-order valence-electron chi connectivity index (χ3n) is 3.60. The van der Waals surface area contributed by atoms with Gasteiger partial charge < -0.3 is 18.9 Å². The number of rotatable bonds is 9. The van der Waals surface area contributed by atoms with E-state index in [2.05, 4.69) is 15.9 Å². The van der Waals surface area contributed by atoms with Gasteiger partial charge in [-0.15, -0.1) is 0 Å². The monoisotopic (exact) mass is 473 g/mol. The maximum Gasteiger partial charge on any atom is 0.349 e. The number of nitrogens with zero attached hydrogens (tertiary/aromatic N) is 1. The van der Waals surface area contributed by atoms with E-state index in [4.69, 9.17) is 24.2 Å². The SMILES string of the molecule is CCOC(=O)/C(C#N)=C/c1ccc(OC(=O)COc2ccccc2Br)c(OCC)c1. The molecule has 2 rings (SSSR count). The molecule has 2 aromatic carbocycles. The third-order valence-corrected chi connectivity index (χ3v) is 4.26. The lowest BCUT2D eigenvalue weighted by atomic mass is 10.1. The van der Waals surface area contributed by atoms with E-state index in [0.717, 1.165) is 4.47 Å². The summed E-state index contributed by atoms with van der Waals surface area (Å²) in [6, 6.07) is 13.6. The van der Waals surface area contributed by atoms with Crippen LogP contribution in [-0.2, 0) is 14.3 Å². The zero-order valence-corrected chi connectivity index (χ0v) is 18.1. The number of para-hydroxylation sites is 1. The topological polar surface area (TPSA) is 94.9 Å². The molecule has 0 atom stereocenters. The van der Waals surface area contributed by atoms with Crippen LogP contribution in [0, 0.1) is 11.3 Å². The van der Waals surface area contributed by atoms with Crippen molar-refractivity contribution in [3.8, 4) is 23.3 Å². The Kier molecular flexibility index (Phi) is 8.91. The van der Waals surface area contributed by atoms with E-state index in [0.29, 0.717) is 23.7 Å². The maximum atomic E-state index is 12.2. The Hall–Kier alpha value is -3.31. The summed E-state index contributed by atoms with van der Waals surface area (Å²) in [4.78, 5) is 24.0.